The van der Waals surface area contributed by atoms with Crippen molar-refractivity contribution < 1.29 is 14.2 Å². The van der Waals surface area contributed by atoms with Crippen LogP contribution in [0.5, 0.6) is 5.75 Å². The number of hydrogen-bond acceptors (Lipinski definition) is 2. The lowest BCUT2D eigenvalue weighted by molar-refractivity contribution is 0.178. The molecule has 0 amide bonds. The van der Waals surface area contributed by atoms with Crippen LogP contribution in [0.1, 0.15) is 41.6 Å². The SMILES string of the molecule is COc1ccc(CC(O)c2cccc(C3CC3)c2)cc1F. The fraction of sp³-hybridized carbons (Fsp3) is 0.333. The number of hydrogen-bond donors (Lipinski definition) is 1. The van der Waals surface area contributed by atoms with Gasteiger partial charge in [-0.1, -0.05) is 30.3 Å². The molecule has 21 heavy (non-hydrogen) atoms. The molecule has 3 rings (SSSR count). The van der Waals surface area contributed by atoms with Crippen LogP contribution in [-0.4, -0.2) is 12.2 Å². The fourth-order valence-electron chi connectivity index (χ4n) is 2.61. The molecule has 1 unspecified atom stereocenters. The second kappa shape index (κ2) is 5.86. The summed E-state index contributed by atoms with van der Waals surface area (Å²) in [5.41, 5.74) is 2.96. The molecule has 1 aliphatic rings. The van der Waals surface area contributed by atoms with Gasteiger partial charge in [-0.15, -0.1) is 0 Å². The number of aliphatic hydroxyl groups excluding tert-OH is 1. The Morgan fingerprint density at radius 2 is 2.05 bits per heavy atom. The van der Waals surface area contributed by atoms with Gasteiger partial charge in [0.1, 0.15) is 0 Å². The Balaban J connectivity index is 1.74. The van der Waals surface area contributed by atoms with Crippen molar-refractivity contribution >= 4 is 0 Å². The number of ether oxygens (including phenoxy) is 1. The Bertz CT molecular complexity index is 635. The fourth-order valence-corrected chi connectivity index (χ4v) is 2.61. The number of rotatable bonds is 5. The largest absolute Gasteiger partial charge is 0.494 e. The summed E-state index contributed by atoms with van der Waals surface area (Å²) in [5, 5.41) is 10.4. The first kappa shape index (κ1) is 14.1. The van der Waals surface area contributed by atoms with Gasteiger partial charge in [0.2, 0.25) is 0 Å². The van der Waals surface area contributed by atoms with Crippen LogP contribution in [0.3, 0.4) is 0 Å². The van der Waals surface area contributed by atoms with Gasteiger partial charge in [0.05, 0.1) is 13.2 Å². The molecule has 1 saturated carbocycles. The van der Waals surface area contributed by atoms with Crippen molar-refractivity contribution in [3.63, 3.8) is 0 Å². The average Bonchev–Trinajstić information content (AvgIpc) is 3.32. The molecular formula is C18H19FO2. The molecule has 1 fully saturated rings. The maximum Gasteiger partial charge on any atom is 0.165 e. The van der Waals surface area contributed by atoms with Crippen molar-refractivity contribution in [3.05, 3.63) is 65.0 Å². The average molecular weight is 286 g/mol. The van der Waals surface area contributed by atoms with E-state index in [-0.39, 0.29) is 5.75 Å². The van der Waals surface area contributed by atoms with Crippen molar-refractivity contribution in [2.75, 3.05) is 7.11 Å². The molecule has 1 aliphatic carbocycles. The lowest BCUT2D eigenvalue weighted by Crippen LogP contribution is -2.03. The Labute approximate surface area is 124 Å². The minimum atomic E-state index is -0.614. The zero-order valence-electron chi connectivity index (χ0n) is 12.1. The summed E-state index contributed by atoms with van der Waals surface area (Å²) in [7, 11) is 1.44. The third-order valence-electron chi connectivity index (χ3n) is 3.99. The molecule has 0 radical (unpaired) electrons. The van der Waals surface area contributed by atoms with Gasteiger partial charge in [-0.05, 0) is 47.6 Å². The number of halogens is 1. The van der Waals surface area contributed by atoms with E-state index >= 15 is 0 Å². The summed E-state index contributed by atoms with van der Waals surface area (Å²) in [6.07, 6.45) is 2.26. The Hall–Kier alpha value is -1.87. The highest BCUT2D eigenvalue weighted by molar-refractivity contribution is 5.33. The van der Waals surface area contributed by atoms with Gasteiger partial charge in [0, 0.05) is 6.42 Å². The third kappa shape index (κ3) is 3.24. The zero-order chi connectivity index (χ0) is 14.8. The first-order valence-corrected chi connectivity index (χ1v) is 7.27. The van der Waals surface area contributed by atoms with E-state index < -0.39 is 11.9 Å². The number of methoxy groups -OCH3 is 1. The van der Waals surface area contributed by atoms with Crippen molar-refractivity contribution in [2.45, 2.75) is 31.3 Å². The maximum atomic E-state index is 13.7. The van der Waals surface area contributed by atoms with Crippen LogP contribution in [0.2, 0.25) is 0 Å². The van der Waals surface area contributed by atoms with Gasteiger partial charge in [-0.3, -0.25) is 0 Å². The first-order valence-electron chi connectivity index (χ1n) is 7.27. The molecule has 0 bridgehead atoms. The van der Waals surface area contributed by atoms with Crippen LogP contribution in [0.25, 0.3) is 0 Å². The molecule has 0 spiro atoms. The van der Waals surface area contributed by atoms with E-state index in [1.807, 2.05) is 12.1 Å². The van der Waals surface area contributed by atoms with E-state index in [4.69, 9.17) is 4.74 Å². The molecule has 0 saturated heterocycles. The molecule has 3 heteroatoms. The van der Waals surface area contributed by atoms with E-state index in [1.165, 1.54) is 31.6 Å². The Morgan fingerprint density at radius 1 is 1.24 bits per heavy atom. The second-order valence-corrected chi connectivity index (χ2v) is 5.63. The normalized spacial score (nSPS) is 15.8. The van der Waals surface area contributed by atoms with Gasteiger partial charge >= 0.3 is 0 Å². The van der Waals surface area contributed by atoms with Crippen LogP contribution in [0, 0.1) is 5.82 Å². The highest BCUT2D eigenvalue weighted by Crippen LogP contribution is 2.40. The van der Waals surface area contributed by atoms with E-state index in [0.717, 1.165) is 11.1 Å². The molecule has 110 valence electrons. The highest BCUT2D eigenvalue weighted by atomic mass is 19.1. The quantitative estimate of drug-likeness (QED) is 0.900. The van der Waals surface area contributed by atoms with Crippen LogP contribution in [-0.2, 0) is 6.42 Å². The first-order chi connectivity index (χ1) is 10.2. The zero-order valence-corrected chi connectivity index (χ0v) is 12.1. The predicted octanol–water partition coefficient (Wildman–Crippen LogP) is 3.99. The summed E-state index contributed by atoms with van der Waals surface area (Å²) in [5.74, 6) is 0.494. The second-order valence-electron chi connectivity index (χ2n) is 5.63. The lowest BCUT2D eigenvalue weighted by Gasteiger charge is -2.13. The van der Waals surface area contributed by atoms with Gasteiger partial charge in [0.25, 0.3) is 0 Å². The molecule has 0 aromatic heterocycles. The summed E-state index contributed by atoms with van der Waals surface area (Å²) < 4.78 is 18.6. The summed E-state index contributed by atoms with van der Waals surface area (Å²) >= 11 is 0. The van der Waals surface area contributed by atoms with Crippen molar-refractivity contribution in [1.82, 2.24) is 0 Å². The maximum absolute atomic E-state index is 13.7. The van der Waals surface area contributed by atoms with Crippen LogP contribution in [0.15, 0.2) is 42.5 Å². The minimum Gasteiger partial charge on any atom is -0.494 e. The lowest BCUT2D eigenvalue weighted by atomic mass is 9.98. The summed E-state index contributed by atoms with van der Waals surface area (Å²) in [4.78, 5) is 0. The van der Waals surface area contributed by atoms with Crippen LogP contribution >= 0.6 is 0 Å². The standard InChI is InChI=1S/C18H19FO2/c1-21-18-8-5-12(9-16(18)19)10-17(20)15-4-2-3-14(11-15)13-6-7-13/h2-5,8-9,11,13,17,20H,6-7,10H2,1H3. The molecule has 2 aromatic rings. The predicted molar refractivity (Wildman–Crippen MR) is 80.0 cm³/mol. The molecule has 2 nitrogen and oxygen atoms in total. The van der Waals surface area contributed by atoms with E-state index in [9.17, 15) is 9.50 Å². The van der Waals surface area contributed by atoms with E-state index in [2.05, 4.69) is 12.1 Å². The Morgan fingerprint density at radius 3 is 2.71 bits per heavy atom. The molecule has 1 N–H and O–H groups in total. The van der Waals surface area contributed by atoms with Crippen molar-refractivity contribution in [3.8, 4) is 5.75 Å². The van der Waals surface area contributed by atoms with Crippen LogP contribution in [0.4, 0.5) is 4.39 Å². The number of benzene rings is 2. The van der Waals surface area contributed by atoms with E-state index in [1.54, 1.807) is 12.1 Å². The molecule has 0 heterocycles. The monoisotopic (exact) mass is 286 g/mol. The summed E-state index contributed by atoms with van der Waals surface area (Å²) in [6.45, 7) is 0. The molecular weight excluding hydrogens is 267 g/mol. The van der Waals surface area contributed by atoms with Gasteiger partial charge in [-0.2, -0.15) is 0 Å². The van der Waals surface area contributed by atoms with Crippen molar-refractivity contribution in [1.29, 1.82) is 0 Å². The third-order valence-corrected chi connectivity index (χ3v) is 3.99. The number of aliphatic hydroxyl groups is 1. The topological polar surface area (TPSA) is 29.5 Å². The minimum absolute atomic E-state index is 0.226. The van der Waals surface area contributed by atoms with E-state index in [0.29, 0.717) is 12.3 Å². The van der Waals surface area contributed by atoms with Crippen LogP contribution < -0.4 is 4.74 Å². The molecule has 2 aromatic carbocycles. The summed E-state index contributed by atoms with van der Waals surface area (Å²) in [6, 6.07) is 12.9. The highest BCUT2D eigenvalue weighted by Gasteiger charge is 2.24. The van der Waals surface area contributed by atoms with Gasteiger partial charge in [-0.25, -0.2) is 4.39 Å². The van der Waals surface area contributed by atoms with Gasteiger partial charge < -0.3 is 9.84 Å². The molecule has 0 aliphatic heterocycles. The van der Waals surface area contributed by atoms with Gasteiger partial charge in [0.15, 0.2) is 11.6 Å². The molecule has 1 atom stereocenters. The van der Waals surface area contributed by atoms with Crippen molar-refractivity contribution in [2.24, 2.45) is 0 Å². The smallest absolute Gasteiger partial charge is 0.165 e. The Kier molecular flexibility index (Phi) is 3.93.